The zero-order valence-corrected chi connectivity index (χ0v) is 13.1. The second-order valence-electron chi connectivity index (χ2n) is 6.89. The van der Waals surface area contributed by atoms with Gasteiger partial charge in [-0.15, -0.1) is 0 Å². The fourth-order valence-corrected chi connectivity index (χ4v) is 4.31. The van der Waals surface area contributed by atoms with Crippen LogP contribution in [0.3, 0.4) is 0 Å². The van der Waals surface area contributed by atoms with Gasteiger partial charge in [0.05, 0.1) is 0 Å². The molecule has 4 unspecified atom stereocenters. The van der Waals surface area contributed by atoms with Crippen LogP contribution in [-0.2, 0) is 0 Å². The van der Waals surface area contributed by atoms with Gasteiger partial charge in [0.1, 0.15) is 0 Å². The van der Waals surface area contributed by atoms with Gasteiger partial charge in [-0.2, -0.15) is 0 Å². The van der Waals surface area contributed by atoms with Crippen molar-refractivity contribution in [1.82, 2.24) is 4.90 Å². The molecule has 2 N–H and O–H groups in total. The van der Waals surface area contributed by atoms with Gasteiger partial charge in [-0.05, 0) is 69.5 Å². The molecule has 2 heteroatoms. The summed E-state index contributed by atoms with van der Waals surface area (Å²) in [5.41, 5.74) is 6.05. The largest absolute Gasteiger partial charge is 0.330 e. The highest BCUT2D eigenvalue weighted by Gasteiger charge is 2.33. The molecular weight excluding hydrogens is 232 g/mol. The van der Waals surface area contributed by atoms with Crippen molar-refractivity contribution in [3.63, 3.8) is 0 Å². The third-order valence-corrected chi connectivity index (χ3v) is 5.87. The molecule has 1 saturated carbocycles. The van der Waals surface area contributed by atoms with Crippen molar-refractivity contribution in [2.75, 3.05) is 19.6 Å². The quantitative estimate of drug-likeness (QED) is 0.841. The average molecular weight is 266 g/mol. The first-order valence-electron chi connectivity index (χ1n) is 8.72. The number of nitrogens with zero attached hydrogens (tertiary/aromatic N) is 1. The van der Waals surface area contributed by atoms with Crippen LogP contribution in [0.15, 0.2) is 0 Å². The van der Waals surface area contributed by atoms with Crippen LogP contribution in [0.4, 0.5) is 0 Å². The van der Waals surface area contributed by atoms with Crippen molar-refractivity contribution >= 4 is 0 Å². The molecule has 2 rings (SSSR count). The van der Waals surface area contributed by atoms with Crippen molar-refractivity contribution in [3.05, 3.63) is 0 Å². The lowest BCUT2D eigenvalue weighted by atomic mass is 9.76. The molecule has 2 aliphatic rings. The van der Waals surface area contributed by atoms with E-state index in [-0.39, 0.29) is 0 Å². The van der Waals surface area contributed by atoms with Crippen molar-refractivity contribution in [3.8, 4) is 0 Å². The van der Waals surface area contributed by atoms with Crippen LogP contribution in [0.2, 0.25) is 0 Å². The molecule has 0 aromatic carbocycles. The Morgan fingerprint density at radius 3 is 2.42 bits per heavy atom. The summed E-state index contributed by atoms with van der Waals surface area (Å²) in [6, 6.07) is 0.791. The zero-order valence-electron chi connectivity index (χ0n) is 13.1. The van der Waals surface area contributed by atoms with Crippen molar-refractivity contribution in [1.29, 1.82) is 0 Å². The Bertz CT molecular complexity index is 254. The fraction of sp³-hybridized carbons (Fsp3) is 1.00. The average Bonchev–Trinajstić information content (AvgIpc) is 2.71. The Hall–Kier alpha value is -0.0800. The van der Waals surface area contributed by atoms with Gasteiger partial charge in [0.25, 0.3) is 0 Å². The van der Waals surface area contributed by atoms with Gasteiger partial charge in [-0.3, -0.25) is 0 Å². The Labute approximate surface area is 120 Å². The zero-order chi connectivity index (χ0) is 13.7. The van der Waals surface area contributed by atoms with Gasteiger partial charge in [0.2, 0.25) is 0 Å². The second kappa shape index (κ2) is 7.64. The number of hydrogen-bond donors (Lipinski definition) is 1. The molecule has 1 aliphatic heterocycles. The summed E-state index contributed by atoms with van der Waals surface area (Å²) in [6.45, 7) is 8.27. The summed E-state index contributed by atoms with van der Waals surface area (Å²) in [5.74, 6) is 2.70. The predicted molar refractivity (Wildman–Crippen MR) is 83.2 cm³/mol. The lowest BCUT2D eigenvalue weighted by Gasteiger charge is -2.42. The molecule has 0 radical (unpaired) electrons. The van der Waals surface area contributed by atoms with Crippen LogP contribution in [0.5, 0.6) is 0 Å². The molecule has 0 amide bonds. The van der Waals surface area contributed by atoms with E-state index in [0.29, 0.717) is 0 Å². The molecule has 0 spiro atoms. The maximum absolute atomic E-state index is 6.05. The summed E-state index contributed by atoms with van der Waals surface area (Å²) in [6.07, 6.45) is 11.2. The van der Waals surface area contributed by atoms with Gasteiger partial charge >= 0.3 is 0 Å². The van der Waals surface area contributed by atoms with Crippen LogP contribution in [-0.4, -0.2) is 30.6 Å². The summed E-state index contributed by atoms with van der Waals surface area (Å²) in [5, 5.41) is 0. The van der Waals surface area contributed by atoms with E-state index in [1.807, 2.05) is 0 Å². The normalized spacial score (nSPS) is 38.1. The highest BCUT2D eigenvalue weighted by atomic mass is 15.2. The van der Waals surface area contributed by atoms with E-state index >= 15 is 0 Å². The maximum atomic E-state index is 6.05. The Balaban J connectivity index is 1.96. The summed E-state index contributed by atoms with van der Waals surface area (Å²) in [4.78, 5) is 2.81. The molecule has 1 aliphatic carbocycles. The van der Waals surface area contributed by atoms with Crippen LogP contribution in [0.25, 0.3) is 0 Å². The fourth-order valence-electron chi connectivity index (χ4n) is 4.31. The Morgan fingerprint density at radius 1 is 0.947 bits per heavy atom. The third-order valence-electron chi connectivity index (χ3n) is 5.87. The molecule has 4 atom stereocenters. The SMILES string of the molecule is CCC1CCCN(C2CC(CC)CCC2CN)CC1. The van der Waals surface area contributed by atoms with E-state index in [1.165, 1.54) is 64.5 Å². The lowest BCUT2D eigenvalue weighted by Crippen LogP contribution is -2.47. The molecule has 2 fully saturated rings. The first kappa shape index (κ1) is 15.3. The Morgan fingerprint density at radius 2 is 1.74 bits per heavy atom. The highest BCUT2D eigenvalue weighted by molar-refractivity contribution is 4.88. The first-order valence-corrected chi connectivity index (χ1v) is 8.72. The number of hydrogen-bond acceptors (Lipinski definition) is 2. The lowest BCUT2D eigenvalue weighted by molar-refractivity contribution is 0.0823. The van der Waals surface area contributed by atoms with Crippen molar-refractivity contribution in [2.45, 2.75) is 71.3 Å². The Kier molecular flexibility index (Phi) is 6.15. The number of likely N-dealkylation sites (tertiary alicyclic amines) is 1. The molecule has 1 saturated heterocycles. The second-order valence-corrected chi connectivity index (χ2v) is 6.89. The van der Waals surface area contributed by atoms with Gasteiger partial charge in [0, 0.05) is 6.04 Å². The molecule has 112 valence electrons. The van der Waals surface area contributed by atoms with Crippen molar-refractivity contribution in [2.24, 2.45) is 23.5 Å². The van der Waals surface area contributed by atoms with Gasteiger partial charge in [-0.1, -0.05) is 33.1 Å². The van der Waals surface area contributed by atoms with Crippen LogP contribution < -0.4 is 5.73 Å². The summed E-state index contributed by atoms with van der Waals surface area (Å²) < 4.78 is 0. The van der Waals surface area contributed by atoms with E-state index < -0.39 is 0 Å². The van der Waals surface area contributed by atoms with E-state index in [1.54, 1.807) is 0 Å². The summed E-state index contributed by atoms with van der Waals surface area (Å²) >= 11 is 0. The molecule has 2 nitrogen and oxygen atoms in total. The number of nitrogens with two attached hydrogens (primary N) is 1. The molecule has 0 aromatic rings. The molecular formula is C17H34N2. The number of rotatable bonds is 4. The molecule has 0 aromatic heterocycles. The topological polar surface area (TPSA) is 29.3 Å². The highest BCUT2D eigenvalue weighted by Crippen LogP contribution is 2.35. The molecule has 0 bridgehead atoms. The van der Waals surface area contributed by atoms with Crippen LogP contribution >= 0.6 is 0 Å². The first-order chi connectivity index (χ1) is 9.28. The van der Waals surface area contributed by atoms with Crippen molar-refractivity contribution < 1.29 is 0 Å². The van der Waals surface area contributed by atoms with E-state index in [9.17, 15) is 0 Å². The molecule has 19 heavy (non-hydrogen) atoms. The minimum atomic E-state index is 0.765. The van der Waals surface area contributed by atoms with Crippen LogP contribution in [0.1, 0.15) is 65.2 Å². The minimum absolute atomic E-state index is 0.765. The third kappa shape index (κ3) is 3.95. The monoisotopic (exact) mass is 266 g/mol. The summed E-state index contributed by atoms with van der Waals surface area (Å²) in [7, 11) is 0. The van der Waals surface area contributed by atoms with E-state index in [0.717, 1.165) is 30.3 Å². The predicted octanol–water partition coefficient (Wildman–Crippen LogP) is 3.65. The maximum Gasteiger partial charge on any atom is 0.0138 e. The molecule has 1 heterocycles. The van der Waals surface area contributed by atoms with Gasteiger partial charge in [-0.25, -0.2) is 0 Å². The minimum Gasteiger partial charge on any atom is -0.330 e. The van der Waals surface area contributed by atoms with Gasteiger partial charge < -0.3 is 10.6 Å². The van der Waals surface area contributed by atoms with Gasteiger partial charge in [0.15, 0.2) is 0 Å². The standard InChI is InChI=1S/C17H34N2/c1-3-14-6-5-10-19(11-9-14)17-12-15(4-2)7-8-16(17)13-18/h14-17H,3-13,18H2,1-2H3. The van der Waals surface area contributed by atoms with E-state index in [2.05, 4.69) is 18.7 Å². The smallest absolute Gasteiger partial charge is 0.0138 e. The van der Waals surface area contributed by atoms with E-state index in [4.69, 9.17) is 5.73 Å². The van der Waals surface area contributed by atoms with Crippen LogP contribution in [0, 0.1) is 17.8 Å².